The van der Waals surface area contributed by atoms with E-state index < -0.39 is 23.6 Å². The second kappa shape index (κ2) is 12.0. The van der Waals surface area contributed by atoms with Crippen molar-refractivity contribution < 1.29 is 23.5 Å². The fourth-order valence-electron chi connectivity index (χ4n) is 4.54. The van der Waals surface area contributed by atoms with E-state index in [1.807, 2.05) is 20.8 Å². The smallest absolute Gasteiger partial charge is 0.407 e. The topological polar surface area (TPSA) is 116 Å². The zero-order valence-electron chi connectivity index (χ0n) is 22.2. The van der Waals surface area contributed by atoms with Crippen molar-refractivity contribution in [2.45, 2.75) is 51.7 Å². The van der Waals surface area contributed by atoms with Gasteiger partial charge in [-0.05, 0) is 69.4 Å². The van der Waals surface area contributed by atoms with Crippen molar-refractivity contribution in [3.8, 4) is 0 Å². The van der Waals surface area contributed by atoms with Crippen molar-refractivity contribution >= 4 is 40.4 Å². The predicted molar refractivity (Wildman–Crippen MR) is 146 cm³/mol. The number of halogens is 2. The van der Waals surface area contributed by atoms with E-state index in [2.05, 4.69) is 20.6 Å². The molecule has 3 amide bonds. The number of H-pyrrole nitrogens is 1. The van der Waals surface area contributed by atoms with Crippen LogP contribution in [-0.2, 0) is 16.0 Å². The van der Waals surface area contributed by atoms with Crippen LogP contribution >= 0.6 is 11.6 Å². The Kier molecular flexibility index (Phi) is 8.74. The lowest BCUT2D eigenvalue weighted by Crippen LogP contribution is -2.52. The van der Waals surface area contributed by atoms with Crippen molar-refractivity contribution in [1.82, 2.24) is 25.5 Å². The molecule has 0 aliphatic carbocycles. The molecule has 3 heterocycles. The third-order valence-electron chi connectivity index (χ3n) is 6.53. The maximum atomic E-state index is 13.6. The van der Waals surface area contributed by atoms with Crippen molar-refractivity contribution in [2.24, 2.45) is 5.92 Å². The standard InChI is InChI=1S/C28H33ClFN5O4/c1-28(2,3)39-27(38)32-15-18-8-10-35(11-9-18)26(37)22(12-17-4-6-20(30)7-5-17)34-25(36)21-13-19-14-24(29)31-16-23(19)33-21/h4-7,13-14,16,18,22,33H,8-12,15H2,1-3H3,(H,32,38)(H,34,36)/t22-/m0/s1. The molecule has 3 N–H and O–H groups in total. The van der Waals surface area contributed by atoms with Crippen LogP contribution in [0.25, 0.3) is 10.9 Å². The predicted octanol–water partition coefficient (Wildman–Crippen LogP) is 4.46. The first-order chi connectivity index (χ1) is 18.5. The molecule has 9 nitrogen and oxygen atoms in total. The number of carbonyl (C=O) groups is 3. The number of hydrogen-bond acceptors (Lipinski definition) is 5. The summed E-state index contributed by atoms with van der Waals surface area (Å²) in [5.74, 6) is -0.831. The van der Waals surface area contributed by atoms with Gasteiger partial charge in [0.25, 0.3) is 5.91 Å². The number of fused-ring (bicyclic) bond motifs is 1. The Labute approximate surface area is 231 Å². The van der Waals surface area contributed by atoms with Gasteiger partial charge in [-0.25, -0.2) is 14.2 Å². The van der Waals surface area contributed by atoms with Crippen LogP contribution in [-0.4, -0.2) is 64.1 Å². The van der Waals surface area contributed by atoms with Crippen LogP contribution in [0.2, 0.25) is 5.15 Å². The zero-order chi connectivity index (χ0) is 28.2. The average Bonchev–Trinajstić information content (AvgIpc) is 3.31. The maximum Gasteiger partial charge on any atom is 0.407 e. The summed E-state index contributed by atoms with van der Waals surface area (Å²) in [7, 11) is 0. The van der Waals surface area contributed by atoms with Gasteiger partial charge in [0, 0.05) is 31.4 Å². The molecule has 0 saturated carbocycles. The highest BCUT2D eigenvalue weighted by Gasteiger charge is 2.30. The van der Waals surface area contributed by atoms with Crippen molar-refractivity contribution in [3.05, 3.63) is 64.8 Å². The molecule has 1 atom stereocenters. The van der Waals surface area contributed by atoms with Gasteiger partial charge in [0.1, 0.15) is 28.3 Å². The Bertz CT molecular complexity index is 1330. The third kappa shape index (κ3) is 7.92. The number of hydrogen-bond donors (Lipinski definition) is 3. The lowest BCUT2D eigenvalue weighted by molar-refractivity contribution is -0.134. The van der Waals surface area contributed by atoms with Crippen LogP contribution in [0.3, 0.4) is 0 Å². The molecule has 0 spiro atoms. The van der Waals surface area contributed by atoms with E-state index in [9.17, 15) is 18.8 Å². The minimum Gasteiger partial charge on any atom is -0.444 e. The minimum atomic E-state index is -0.854. The SMILES string of the molecule is CC(C)(C)OC(=O)NCC1CCN(C(=O)[C@H](Cc2ccc(F)cc2)NC(=O)c2cc3cc(Cl)ncc3[nH]2)CC1. The molecule has 4 rings (SSSR count). The van der Waals surface area contributed by atoms with Crippen LogP contribution < -0.4 is 10.6 Å². The Morgan fingerprint density at radius 3 is 2.54 bits per heavy atom. The van der Waals surface area contributed by atoms with Crippen molar-refractivity contribution in [1.29, 1.82) is 0 Å². The summed E-state index contributed by atoms with van der Waals surface area (Å²) in [4.78, 5) is 47.5. The molecule has 3 aromatic rings. The third-order valence-corrected chi connectivity index (χ3v) is 6.74. The first-order valence-electron chi connectivity index (χ1n) is 12.9. The molecule has 0 bridgehead atoms. The number of amides is 3. The number of rotatable bonds is 7. The van der Waals surface area contributed by atoms with Crippen molar-refractivity contribution in [3.63, 3.8) is 0 Å². The first-order valence-corrected chi connectivity index (χ1v) is 13.3. The molecule has 39 heavy (non-hydrogen) atoms. The summed E-state index contributed by atoms with van der Waals surface area (Å²) in [5, 5.41) is 6.70. The van der Waals surface area contributed by atoms with Gasteiger partial charge in [0.15, 0.2) is 0 Å². The molecule has 2 aromatic heterocycles. The number of alkyl carbamates (subject to hydrolysis) is 1. The highest BCUT2D eigenvalue weighted by atomic mass is 35.5. The fourth-order valence-corrected chi connectivity index (χ4v) is 4.71. The van der Waals surface area contributed by atoms with E-state index in [1.54, 1.807) is 29.2 Å². The number of aromatic amines is 1. The van der Waals surface area contributed by atoms with Crippen LogP contribution in [0.1, 0.15) is 49.7 Å². The molecule has 1 saturated heterocycles. The van der Waals surface area contributed by atoms with Gasteiger partial charge >= 0.3 is 6.09 Å². The second-order valence-corrected chi connectivity index (χ2v) is 11.2. The molecule has 11 heteroatoms. The number of nitrogens with one attached hydrogen (secondary N) is 3. The zero-order valence-corrected chi connectivity index (χ0v) is 23.0. The molecule has 1 fully saturated rings. The van der Waals surface area contributed by atoms with E-state index in [1.165, 1.54) is 18.3 Å². The molecule has 1 aliphatic heterocycles. The van der Waals surface area contributed by atoms with Gasteiger partial charge in [-0.2, -0.15) is 0 Å². The molecule has 1 aliphatic rings. The van der Waals surface area contributed by atoms with E-state index in [0.717, 1.165) is 10.9 Å². The summed E-state index contributed by atoms with van der Waals surface area (Å²) in [6, 6.07) is 8.31. The molecule has 1 aromatic carbocycles. The Morgan fingerprint density at radius 1 is 1.18 bits per heavy atom. The number of ether oxygens (including phenoxy) is 1. The summed E-state index contributed by atoms with van der Waals surface area (Å²) in [6.07, 6.45) is 2.69. The van der Waals surface area contributed by atoms with E-state index in [-0.39, 0.29) is 29.8 Å². The number of likely N-dealkylation sites (tertiary alicyclic amines) is 1. The van der Waals surface area contributed by atoms with Crippen LogP contribution in [0, 0.1) is 11.7 Å². The largest absolute Gasteiger partial charge is 0.444 e. The quantitative estimate of drug-likeness (QED) is 0.371. The second-order valence-electron chi connectivity index (χ2n) is 10.8. The van der Waals surface area contributed by atoms with Gasteiger partial charge < -0.3 is 25.3 Å². The highest BCUT2D eigenvalue weighted by molar-refractivity contribution is 6.30. The van der Waals surface area contributed by atoms with E-state index >= 15 is 0 Å². The summed E-state index contributed by atoms with van der Waals surface area (Å²) < 4.78 is 18.8. The van der Waals surface area contributed by atoms with Gasteiger partial charge in [0.05, 0.1) is 11.7 Å². The first kappa shape index (κ1) is 28.4. The van der Waals surface area contributed by atoms with Gasteiger partial charge in [-0.15, -0.1) is 0 Å². The summed E-state index contributed by atoms with van der Waals surface area (Å²) in [5.41, 5.74) is 1.07. The summed E-state index contributed by atoms with van der Waals surface area (Å²) in [6.45, 7) is 6.87. The maximum absolute atomic E-state index is 13.6. The van der Waals surface area contributed by atoms with Crippen LogP contribution in [0.5, 0.6) is 0 Å². The molecular weight excluding hydrogens is 525 g/mol. The Balaban J connectivity index is 1.41. The molecule has 0 radical (unpaired) electrons. The molecule has 0 unspecified atom stereocenters. The lowest BCUT2D eigenvalue weighted by Gasteiger charge is -2.34. The van der Waals surface area contributed by atoms with Gasteiger partial charge in [0.2, 0.25) is 5.91 Å². The van der Waals surface area contributed by atoms with E-state index in [4.69, 9.17) is 16.3 Å². The fraction of sp³-hybridized carbons (Fsp3) is 0.429. The number of carbonyl (C=O) groups excluding carboxylic acids is 3. The number of piperidine rings is 1. The number of benzene rings is 1. The van der Waals surface area contributed by atoms with Crippen molar-refractivity contribution in [2.75, 3.05) is 19.6 Å². The minimum absolute atomic E-state index is 0.207. The monoisotopic (exact) mass is 557 g/mol. The normalized spacial score (nSPS) is 15.2. The number of aromatic nitrogens is 2. The Hall–Kier alpha value is -3.66. The Morgan fingerprint density at radius 2 is 1.87 bits per heavy atom. The average molecular weight is 558 g/mol. The van der Waals surface area contributed by atoms with Gasteiger partial charge in [-0.3, -0.25) is 9.59 Å². The lowest BCUT2D eigenvalue weighted by atomic mass is 9.95. The van der Waals surface area contributed by atoms with Crippen LogP contribution in [0.15, 0.2) is 42.6 Å². The summed E-state index contributed by atoms with van der Waals surface area (Å²) >= 11 is 5.96. The highest BCUT2D eigenvalue weighted by Crippen LogP contribution is 2.20. The number of pyridine rings is 1. The molecule has 208 valence electrons. The number of nitrogens with zero attached hydrogens (tertiary/aromatic N) is 2. The van der Waals surface area contributed by atoms with Gasteiger partial charge in [-0.1, -0.05) is 23.7 Å². The van der Waals surface area contributed by atoms with Crippen LogP contribution in [0.4, 0.5) is 9.18 Å². The van der Waals surface area contributed by atoms with E-state index in [0.29, 0.717) is 43.1 Å². The molecular formula is C28H33ClFN5O4.